The third-order valence-electron chi connectivity index (χ3n) is 3.43. The molecule has 20 heavy (non-hydrogen) atoms. The summed E-state index contributed by atoms with van der Waals surface area (Å²) < 4.78 is 0. The van der Waals surface area contributed by atoms with E-state index in [1.54, 1.807) is 11.3 Å². The summed E-state index contributed by atoms with van der Waals surface area (Å²) in [5.74, 6) is 0.00332. The number of nitrogens with zero attached hydrogens (tertiary/aromatic N) is 1. The lowest BCUT2D eigenvalue weighted by molar-refractivity contribution is -0.128. The van der Waals surface area contributed by atoms with Crippen LogP contribution in [0.25, 0.3) is 0 Å². The van der Waals surface area contributed by atoms with Crippen LogP contribution in [0, 0.1) is 5.92 Å². The van der Waals surface area contributed by atoms with E-state index < -0.39 is 6.04 Å². The topological polar surface area (TPSA) is 49.4 Å². The van der Waals surface area contributed by atoms with E-state index in [-0.39, 0.29) is 30.2 Å². The smallest absolute Gasteiger partial charge is 0.234 e. The van der Waals surface area contributed by atoms with Gasteiger partial charge in [-0.05, 0) is 38.3 Å². The first kappa shape index (κ1) is 16.9. The molecule has 0 spiro atoms. The summed E-state index contributed by atoms with van der Waals surface area (Å²) in [4.78, 5) is 26.8. The number of thiophene rings is 1. The average molecular weight is 296 g/mol. The molecule has 0 radical (unpaired) electrons. The molecule has 0 aliphatic heterocycles. The molecule has 1 aromatic heterocycles. The van der Waals surface area contributed by atoms with Crippen LogP contribution in [-0.2, 0) is 9.59 Å². The normalized spacial score (nSPS) is 14.3. The maximum atomic E-state index is 12.0. The number of ketones is 1. The summed E-state index contributed by atoms with van der Waals surface area (Å²) in [5, 5.41) is 4.85. The number of hydrogen-bond acceptors (Lipinski definition) is 4. The van der Waals surface area contributed by atoms with Gasteiger partial charge in [0.2, 0.25) is 5.91 Å². The third-order valence-corrected chi connectivity index (χ3v) is 4.47. The summed E-state index contributed by atoms with van der Waals surface area (Å²) in [6, 6.07) is 3.87. The van der Waals surface area contributed by atoms with E-state index in [0.717, 1.165) is 0 Å². The molecule has 1 N–H and O–H groups in total. The highest BCUT2D eigenvalue weighted by molar-refractivity contribution is 7.10. The number of Topliss-reactive ketones (excluding diaryl/α,β-unsaturated/α-hetero) is 1. The first-order chi connectivity index (χ1) is 9.32. The van der Waals surface area contributed by atoms with Gasteiger partial charge in [-0.1, -0.05) is 19.9 Å². The molecular formula is C15H24N2O2S. The molecule has 112 valence electrons. The van der Waals surface area contributed by atoms with Gasteiger partial charge in [0.05, 0.1) is 12.6 Å². The molecule has 0 aliphatic carbocycles. The van der Waals surface area contributed by atoms with Crippen LogP contribution in [0.4, 0.5) is 0 Å². The Hall–Kier alpha value is -1.20. The molecule has 2 atom stereocenters. The van der Waals surface area contributed by atoms with Gasteiger partial charge in [-0.15, -0.1) is 11.3 Å². The molecule has 0 saturated carbocycles. The monoisotopic (exact) mass is 296 g/mol. The predicted molar refractivity (Wildman–Crippen MR) is 82.8 cm³/mol. The van der Waals surface area contributed by atoms with Gasteiger partial charge in [-0.3, -0.25) is 14.5 Å². The van der Waals surface area contributed by atoms with E-state index in [4.69, 9.17) is 0 Å². The molecular weight excluding hydrogens is 272 g/mol. The van der Waals surface area contributed by atoms with E-state index in [1.165, 1.54) is 11.8 Å². The lowest BCUT2D eigenvalue weighted by Crippen LogP contribution is -2.47. The Morgan fingerprint density at radius 1 is 1.35 bits per heavy atom. The lowest BCUT2D eigenvalue weighted by Gasteiger charge is -2.25. The number of nitrogens with one attached hydrogen (secondary N) is 1. The Kier molecular flexibility index (Phi) is 6.36. The van der Waals surface area contributed by atoms with Gasteiger partial charge in [-0.2, -0.15) is 0 Å². The summed E-state index contributed by atoms with van der Waals surface area (Å²) >= 11 is 1.68. The molecule has 1 amide bonds. The molecule has 1 heterocycles. The van der Waals surface area contributed by atoms with Crippen molar-refractivity contribution in [2.75, 3.05) is 13.6 Å². The van der Waals surface area contributed by atoms with Crippen molar-refractivity contribution < 1.29 is 9.59 Å². The molecule has 0 saturated heterocycles. The second kappa shape index (κ2) is 7.55. The summed E-state index contributed by atoms with van der Waals surface area (Å²) in [6.07, 6.45) is 0. The Balaban J connectivity index is 2.55. The molecule has 0 aliphatic rings. The fourth-order valence-electron chi connectivity index (χ4n) is 2.07. The van der Waals surface area contributed by atoms with Crippen LogP contribution < -0.4 is 5.32 Å². The molecule has 0 bridgehead atoms. The Labute approximate surface area is 125 Å². The highest BCUT2D eigenvalue weighted by Gasteiger charge is 2.22. The molecule has 4 nitrogen and oxygen atoms in total. The number of hydrogen-bond donors (Lipinski definition) is 1. The van der Waals surface area contributed by atoms with Gasteiger partial charge in [0.15, 0.2) is 5.78 Å². The SMILES string of the molecule is CC(=O)C(NC(=O)CN(C)C(C)c1cccs1)C(C)C. The van der Waals surface area contributed by atoms with Crippen molar-refractivity contribution in [2.45, 2.75) is 39.8 Å². The zero-order valence-corrected chi connectivity index (χ0v) is 13.7. The second-order valence-electron chi connectivity index (χ2n) is 5.51. The minimum atomic E-state index is -0.395. The molecule has 1 rings (SSSR count). The zero-order valence-electron chi connectivity index (χ0n) is 12.8. The van der Waals surface area contributed by atoms with Gasteiger partial charge in [-0.25, -0.2) is 0 Å². The lowest BCUT2D eigenvalue weighted by atomic mass is 10.0. The third kappa shape index (κ3) is 4.72. The number of carbonyl (C=O) groups is 2. The van der Waals surface area contributed by atoms with Gasteiger partial charge < -0.3 is 5.32 Å². The maximum absolute atomic E-state index is 12.0. The van der Waals surface area contributed by atoms with Crippen molar-refractivity contribution in [1.82, 2.24) is 10.2 Å². The van der Waals surface area contributed by atoms with Crippen molar-refractivity contribution in [3.05, 3.63) is 22.4 Å². The fourth-order valence-corrected chi connectivity index (χ4v) is 2.91. The average Bonchev–Trinajstić information content (AvgIpc) is 2.87. The highest BCUT2D eigenvalue weighted by atomic mass is 32.1. The van der Waals surface area contributed by atoms with Gasteiger partial charge >= 0.3 is 0 Å². The van der Waals surface area contributed by atoms with E-state index in [1.807, 2.05) is 37.2 Å². The Morgan fingerprint density at radius 2 is 2.00 bits per heavy atom. The number of amides is 1. The van der Waals surface area contributed by atoms with E-state index in [9.17, 15) is 9.59 Å². The van der Waals surface area contributed by atoms with E-state index in [2.05, 4.69) is 18.3 Å². The number of rotatable bonds is 7. The van der Waals surface area contributed by atoms with Crippen LogP contribution in [0.2, 0.25) is 0 Å². The van der Waals surface area contributed by atoms with Crippen LogP contribution in [0.1, 0.15) is 38.6 Å². The van der Waals surface area contributed by atoms with Crippen molar-refractivity contribution in [3.63, 3.8) is 0 Å². The van der Waals surface area contributed by atoms with Gasteiger partial charge in [0.25, 0.3) is 0 Å². The maximum Gasteiger partial charge on any atom is 0.234 e. The van der Waals surface area contributed by atoms with Crippen molar-refractivity contribution in [1.29, 1.82) is 0 Å². The predicted octanol–water partition coefficient (Wildman–Crippen LogP) is 2.47. The first-order valence-corrected chi connectivity index (χ1v) is 7.74. The minimum Gasteiger partial charge on any atom is -0.345 e. The molecule has 2 unspecified atom stereocenters. The highest BCUT2D eigenvalue weighted by Crippen LogP contribution is 2.22. The summed E-state index contributed by atoms with van der Waals surface area (Å²) in [5.41, 5.74) is 0. The zero-order chi connectivity index (χ0) is 15.3. The van der Waals surface area contributed by atoms with Crippen LogP contribution in [0.15, 0.2) is 17.5 Å². The number of carbonyl (C=O) groups excluding carboxylic acids is 2. The van der Waals surface area contributed by atoms with Crippen LogP contribution in [-0.4, -0.2) is 36.2 Å². The summed E-state index contributed by atoms with van der Waals surface area (Å²) in [7, 11) is 1.92. The van der Waals surface area contributed by atoms with E-state index >= 15 is 0 Å². The Morgan fingerprint density at radius 3 is 2.45 bits per heavy atom. The number of likely N-dealkylation sites (N-methyl/N-ethyl adjacent to an activating group) is 1. The van der Waals surface area contributed by atoms with Gasteiger partial charge in [0, 0.05) is 10.9 Å². The standard InChI is InChI=1S/C15H24N2O2S/c1-10(2)15(12(4)18)16-14(19)9-17(5)11(3)13-7-6-8-20-13/h6-8,10-11,15H,9H2,1-5H3,(H,16,19). The molecule has 5 heteroatoms. The molecule has 0 aromatic carbocycles. The molecule has 1 aromatic rings. The van der Waals surface area contributed by atoms with E-state index in [0.29, 0.717) is 0 Å². The van der Waals surface area contributed by atoms with Gasteiger partial charge in [0.1, 0.15) is 0 Å². The molecule has 0 fully saturated rings. The first-order valence-electron chi connectivity index (χ1n) is 6.86. The Bertz CT molecular complexity index is 443. The minimum absolute atomic E-state index is 0.00214. The summed E-state index contributed by atoms with van der Waals surface area (Å²) in [6.45, 7) is 7.75. The quantitative estimate of drug-likeness (QED) is 0.841. The second-order valence-corrected chi connectivity index (χ2v) is 6.49. The van der Waals surface area contributed by atoms with Crippen molar-refractivity contribution in [2.24, 2.45) is 5.92 Å². The van der Waals surface area contributed by atoms with Crippen LogP contribution in [0.5, 0.6) is 0 Å². The van der Waals surface area contributed by atoms with Crippen molar-refractivity contribution >= 4 is 23.0 Å². The van der Waals surface area contributed by atoms with Crippen LogP contribution >= 0.6 is 11.3 Å². The van der Waals surface area contributed by atoms with Crippen LogP contribution in [0.3, 0.4) is 0 Å². The fraction of sp³-hybridized carbons (Fsp3) is 0.600. The largest absolute Gasteiger partial charge is 0.345 e. The van der Waals surface area contributed by atoms with Crippen molar-refractivity contribution in [3.8, 4) is 0 Å².